The van der Waals surface area contributed by atoms with Crippen LogP contribution in [0.25, 0.3) is 67.1 Å². The Morgan fingerprint density at radius 1 is 0.781 bits per heavy atom. The number of H-pyrrole nitrogens is 4. The summed E-state index contributed by atoms with van der Waals surface area (Å²) in [6.45, 7) is 6.99. The number of phenols is 2. The minimum atomic E-state index is -0.633. The number of carbonyl (C=O) groups is 1. The maximum absolute atomic E-state index is 14.1. The number of carbonyl (C=O) groups excluding carboxylic acids is 1. The van der Waals surface area contributed by atoms with Gasteiger partial charge in [0.15, 0.2) is 34.8 Å². The first-order valence-electron chi connectivity index (χ1n) is 22.3. The van der Waals surface area contributed by atoms with Gasteiger partial charge in [0.05, 0.1) is 45.8 Å². The Hall–Kier alpha value is -6.87. The van der Waals surface area contributed by atoms with Gasteiger partial charge in [0, 0.05) is 43.2 Å². The molecule has 7 N–H and O–H groups in total. The molecule has 2 saturated carbocycles. The standard InChI is InChI=1S/C28H28FN5O2.C21H20FN5O/c1-2-15-11-24(35)20(29)12-19(15)16-5-6-18-22(10-16)32-33-25(18)26-30-21-7-9-34(14-23(21)31-26)27(36)28-8-3-4-17(28)13-28;1-2-11-8-19(28)15(22)9-14(11)12-3-4-13-17(7-12)26-27-20(13)21-24-16-5-6-23-10-18(16)25-21/h5-6,10-12,17,35H,2-4,7-9,13-14H2,1H3,(H,30,31)(H,32,33);3-4,7-9,23,28H,2,5-6,10H2,1H3,(H,24,25)(H,26,27)/t17-,28-;/m1./s1. The van der Waals surface area contributed by atoms with E-state index >= 15 is 0 Å². The number of aryl methyl sites for hydroxylation is 2. The average molecular weight is 863 g/mol. The smallest absolute Gasteiger partial charge is 0.229 e. The van der Waals surface area contributed by atoms with Gasteiger partial charge in [-0.3, -0.25) is 15.0 Å². The van der Waals surface area contributed by atoms with E-state index in [4.69, 9.17) is 9.97 Å². The molecule has 13 nitrogen and oxygen atoms in total. The Morgan fingerprint density at radius 2 is 1.36 bits per heavy atom. The summed E-state index contributed by atoms with van der Waals surface area (Å²) in [7, 11) is 0. The van der Waals surface area contributed by atoms with Crippen molar-refractivity contribution in [1.82, 2.24) is 50.5 Å². The molecule has 2 aliphatic carbocycles. The van der Waals surface area contributed by atoms with Crippen molar-refractivity contribution in [1.29, 1.82) is 0 Å². The van der Waals surface area contributed by atoms with Crippen LogP contribution in [0.1, 0.15) is 73.4 Å². The number of benzene rings is 4. The van der Waals surface area contributed by atoms with E-state index in [9.17, 15) is 23.8 Å². The molecule has 64 heavy (non-hydrogen) atoms. The Bertz CT molecular complexity index is 3120. The molecule has 4 aromatic heterocycles. The summed E-state index contributed by atoms with van der Waals surface area (Å²) in [6.07, 6.45) is 7.53. The number of aromatic hydroxyl groups is 2. The van der Waals surface area contributed by atoms with E-state index in [1.54, 1.807) is 0 Å². The summed E-state index contributed by atoms with van der Waals surface area (Å²) in [6, 6.07) is 17.5. The number of fused-ring (bicyclic) bond motifs is 5. The fourth-order valence-electron chi connectivity index (χ4n) is 10.4. The van der Waals surface area contributed by atoms with Crippen molar-refractivity contribution in [3.8, 4) is 56.8 Å². The van der Waals surface area contributed by atoms with Crippen LogP contribution in [-0.2, 0) is 43.6 Å². The second-order valence-electron chi connectivity index (χ2n) is 17.7. The topological polar surface area (TPSA) is 188 Å². The predicted octanol–water partition coefficient (Wildman–Crippen LogP) is 8.77. The van der Waals surface area contributed by atoms with Gasteiger partial charge < -0.3 is 30.4 Å². The molecule has 15 heteroatoms. The number of nitrogens with zero attached hydrogens (tertiary/aromatic N) is 5. The lowest BCUT2D eigenvalue weighted by Crippen LogP contribution is -2.40. The molecule has 0 saturated heterocycles. The first-order chi connectivity index (χ1) is 31.1. The van der Waals surface area contributed by atoms with Crippen LogP contribution in [-0.4, -0.2) is 74.4 Å². The minimum Gasteiger partial charge on any atom is -0.505 e. The lowest BCUT2D eigenvalue weighted by atomic mass is 9.96. The molecule has 4 aliphatic rings. The first-order valence-corrected chi connectivity index (χ1v) is 22.3. The highest BCUT2D eigenvalue weighted by atomic mass is 19.1. The number of imidazole rings is 2. The molecule has 0 radical (unpaired) electrons. The molecule has 12 rings (SSSR count). The average Bonchev–Trinajstić information content (AvgIpc) is 3.98. The van der Waals surface area contributed by atoms with Crippen molar-refractivity contribution in [3.63, 3.8) is 0 Å². The number of rotatable bonds is 7. The number of hydrogen-bond acceptors (Lipinski definition) is 8. The number of phenolic OH excluding ortho intramolecular Hbond substituents is 2. The van der Waals surface area contributed by atoms with E-state index in [-0.39, 0.29) is 16.9 Å². The van der Waals surface area contributed by atoms with E-state index in [0.717, 1.165) is 140 Å². The van der Waals surface area contributed by atoms with E-state index < -0.39 is 11.6 Å². The molecule has 1 amide bonds. The summed E-state index contributed by atoms with van der Waals surface area (Å²) in [4.78, 5) is 31.6. The molecular weight excluding hydrogens is 815 g/mol. The zero-order chi connectivity index (χ0) is 43.9. The van der Waals surface area contributed by atoms with Crippen molar-refractivity contribution < 1.29 is 23.8 Å². The normalized spacial score (nSPS) is 18.8. The van der Waals surface area contributed by atoms with E-state index in [1.807, 2.05) is 55.1 Å². The van der Waals surface area contributed by atoms with Crippen molar-refractivity contribution >= 4 is 27.7 Å². The highest BCUT2D eigenvalue weighted by Gasteiger charge is 2.63. The number of aromatic nitrogens is 8. The number of hydrogen-bond donors (Lipinski definition) is 7. The zero-order valence-corrected chi connectivity index (χ0v) is 35.6. The largest absolute Gasteiger partial charge is 0.505 e. The van der Waals surface area contributed by atoms with Crippen molar-refractivity contribution in [2.24, 2.45) is 11.3 Å². The van der Waals surface area contributed by atoms with Crippen LogP contribution in [0.2, 0.25) is 0 Å². The van der Waals surface area contributed by atoms with Gasteiger partial charge in [0.2, 0.25) is 5.91 Å². The third-order valence-electron chi connectivity index (χ3n) is 14.0. The van der Waals surface area contributed by atoms with E-state index in [1.165, 1.54) is 37.1 Å². The number of aromatic amines is 4. The molecule has 2 atom stereocenters. The van der Waals surface area contributed by atoms with Crippen LogP contribution in [0, 0.1) is 23.0 Å². The second-order valence-corrected chi connectivity index (χ2v) is 17.7. The Balaban J connectivity index is 0.000000147. The maximum atomic E-state index is 14.1. The van der Waals surface area contributed by atoms with Gasteiger partial charge in [-0.25, -0.2) is 18.7 Å². The molecule has 2 aliphatic heterocycles. The fourth-order valence-corrected chi connectivity index (χ4v) is 10.4. The lowest BCUT2D eigenvalue weighted by molar-refractivity contribution is -0.138. The van der Waals surface area contributed by atoms with Gasteiger partial charge in [-0.2, -0.15) is 10.2 Å². The van der Waals surface area contributed by atoms with E-state index in [2.05, 4.69) is 35.7 Å². The highest BCUT2D eigenvalue weighted by molar-refractivity contribution is 5.95. The van der Waals surface area contributed by atoms with Crippen LogP contribution in [0.15, 0.2) is 60.7 Å². The summed E-state index contributed by atoms with van der Waals surface area (Å²) in [5.74, 6) is 0.499. The summed E-state index contributed by atoms with van der Waals surface area (Å²) in [5, 5.41) is 39.8. The summed E-state index contributed by atoms with van der Waals surface area (Å²) >= 11 is 0. The van der Waals surface area contributed by atoms with Crippen molar-refractivity contribution in [2.45, 2.75) is 78.3 Å². The van der Waals surface area contributed by atoms with Crippen LogP contribution >= 0.6 is 0 Å². The van der Waals surface area contributed by atoms with Gasteiger partial charge in [0.25, 0.3) is 0 Å². The Labute approximate surface area is 366 Å². The number of halogens is 2. The molecule has 6 heterocycles. The lowest BCUT2D eigenvalue weighted by Gasteiger charge is -2.29. The molecule has 0 bridgehead atoms. The first kappa shape index (κ1) is 39.9. The van der Waals surface area contributed by atoms with E-state index in [0.29, 0.717) is 37.0 Å². The van der Waals surface area contributed by atoms with Gasteiger partial charge >= 0.3 is 0 Å². The summed E-state index contributed by atoms with van der Waals surface area (Å²) in [5.41, 5.74) is 12.4. The van der Waals surface area contributed by atoms with Gasteiger partial charge in [-0.15, -0.1) is 0 Å². The minimum absolute atomic E-state index is 0.0610. The molecule has 2 fully saturated rings. The van der Waals surface area contributed by atoms with Crippen LogP contribution < -0.4 is 5.32 Å². The third kappa shape index (κ3) is 6.71. The Morgan fingerprint density at radius 3 is 1.89 bits per heavy atom. The van der Waals surface area contributed by atoms with Crippen LogP contribution in [0.4, 0.5) is 8.78 Å². The monoisotopic (exact) mass is 862 g/mol. The number of amides is 1. The van der Waals surface area contributed by atoms with Gasteiger partial charge in [-0.1, -0.05) is 32.4 Å². The predicted molar refractivity (Wildman–Crippen MR) is 239 cm³/mol. The van der Waals surface area contributed by atoms with Crippen molar-refractivity contribution in [2.75, 3.05) is 13.1 Å². The molecule has 0 unspecified atom stereocenters. The van der Waals surface area contributed by atoms with Gasteiger partial charge in [0.1, 0.15) is 11.4 Å². The molecule has 326 valence electrons. The second kappa shape index (κ2) is 15.4. The van der Waals surface area contributed by atoms with Crippen LogP contribution in [0.3, 0.4) is 0 Å². The SMILES string of the molecule is CCc1cc(O)c(F)cc1-c1ccc2c(-c3nc4c([nH]3)CN(C(=O)[C@@]35CCC[C@@H]3C5)CC4)n[nH]c2c1.CCc1cc(O)c(F)cc1-c1ccc2c(-c3nc4c([nH]3)CNCC4)n[nH]c2c1. The highest BCUT2D eigenvalue weighted by Crippen LogP contribution is 2.64. The van der Waals surface area contributed by atoms with Crippen molar-refractivity contribution in [3.05, 3.63) is 106 Å². The molecule has 0 spiro atoms. The number of nitrogens with one attached hydrogen (secondary N) is 5. The molecule has 8 aromatic rings. The molecular formula is C49H48F2N10O3. The molecule has 4 aromatic carbocycles. The maximum Gasteiger partial charge on any atom is 0.229 e. The zero-order valence-electron chi connectivity index (χ0n) is 35.6. The van der Waals surface area contributed by atoms with Gasteiger partial charge in [-0.05, 0) is 120 Å². The third-order valence-corrected chi connectivity index (χ3v) is 14.0. The van der Waals surface area contributed by atoms with Crippen LogP contribution in [0.5, 0.6) is 11.5 Å². The Kier molecular flexibility index (Phi) is 9.63. The summed E-state index contributed by atoms with van der Waals surface area (Å²) < 4.78 is 28.1. The quantitative estimate of drug-likeness (QED) is 0.0828. The fraction of sp³-hybridized carbons (Fsp3) is 0.327.